The summed E-state index contributed by atoms with van der Waals surface area (Å²) in [6, 6.07) is 4.38. The van der Waals surface area contributed by atoms with E-state index in [-0.39, 0.29) is 17.6 Å². The van der Waals surface area contributed by atoms with Crippen molar-refractivity contribution in [3.63, 3.8) is 0 Å². The van der Waals surface area contributed by atoms with E-state index in [9.17, 15) is 14.7 Å². The second-order valence-electron chi connectivity index (χ2n) is 4.29. The molecule has 0 aliphatic carbocycles. The average molecular weight is 245 g/mol. The third-order valence-corrected chi connectivity index (χ3v) is 3.10. The maximum absolute atomic E-state index is 11.8. The summed E-state index contributed by atoms with van der Waals surface area (Å²) in [5, 5.41) is 11.7. The van der Waals surface area contributed by atoms with Crippen molar-refractivity contribution in [1.29, 1.82) is 0 Å². The Balaban J connectivity index is 2.04. The van der Waals surface area contributed by atoms with E-state index in [4.69, 9.17) is 0 Å². The van der Waals surface area contributed by atoms with E-state index >= 15 is 0 Å². The molecule has 0 radical (unpaired) electrons. The summed E-state index contributed by atoms with van der Waals surface area (Å²) in [6.45, 7) is 0. The highest BCUT2D eigenvalue weighted by Gasteiger charge is 2.28. The minimum absolute atomic E-state index is 0.135. The first kappa shape index (κ1) is 10.8. The maximum Gasteiger partial charge on any atom is 0.249 e. The largest absolute Gasteiger partial charge is 0.508 e. The van der Waals surface area contributed by atoms with Crippen molar-refractivity contribution in [2.24, 2.45) is 0 Å². The lowest BCUT2D eigenvalue weighted by Gasteiger charge is -2.22. The predicted octanol–water partition coefficient (Wildman–Crippen LogP) is 0.720. The Morgan fingerprint density at radius 2 is 2.22 bits per heavy atom. The Kier molecular flexibility index (Phi) is 2.29. The molecular formula is C12H11N3O3. The number of phenolic OH excluding ortho intramolecular Hbond substituents is 1. The Bertz CT molecular complexity index is 647. The van der Waals surface area contributed by atoms with E-state index in [2.05, 4.69) is 10.3 Å². The van der Waals surface area contributed by atoms with E-state index in [1.54, 1.807) is 23.0 Å². The molecule has 1 aliphatic heterocycles. The Labute approximate surface area is 102 Å². The summed E-state index contributed by atoms with van der Waals surface area (Å²) >= 11 is 0. The zero-order chi connectivity index (χ0) is 12.7. The van der Waals surface area contributed by atoms with Crippen molar-refractivity contribution in [2.75, 3.05) is 0 Å². The molecule has 6 nitrogen and oxygen atoms in total. The molecule has 1 aliphatic rings. The molecule has 0 bridgehead atoms. The molecule has 1 unspecified atom stereocenters. The van der Waals surface area contributed by atoms with Gasteiger partial charge in [-0.05, 0) is 18.6 Å². The molecule has 1 fully saturated rings. The normalized spacial score (nSPS) is 20.1. The third kappa shape index (κ3) is 1.62. The summed E-state index contributed by atoms with van der Waals surface area (Å²) in [5.74, 6) is -0.409. The highest BCUT2D eigenvalue weighted by molar-refractivity contribution is 6.00. The Morgan fingerprint density at radius 1 is 1.39 bits per heavy atom. The Morgan fingerprint density at radius 3 is 3.00 bits per heavy atom. The number of nitrogens with zero attached hydrogens (tertiary/aromatic N) is 2. The molecule has 1 atom stereocenters. The molecular weight excluding hydrogens is 234 g/mol. The number of benzene rings is 1. The van der Waals surface area contributed by atoms with E-state index in [0.717, 1.165) is 5.52 Å². The van der Waals surface area contributed by atoms with Crippen LogP contribution < -0.4 is 5.32 Å². The summed E-state index contributed by atoms with van der Waals surface area (Å²) in [4.78, 5) is 27.0. The van der Waals surface area contributed by atoms with Gasteiger partial charge in [-0.15, -0.1) is 0 Å². The number of imidazole rings is 1. The van der Waals surface area contributed by atoms with Crippen LogP contribution in [-0.2, 0) is 9.59 Å². The summed E-state index contributed by atoms with van der Waals surface area (Å²) in [7, 11) is 0. The number of aromatic hydroxyl groups is 1. The van der Waals surface area contributed by atoms with Gasteiger partial charge < -0.3 is 9.67 Å². The Hall–Kier alpha value is -2.37. The van der Waals surface area contributed by atoms with E-state index < -0.39 is 6.04 Å². The van der Waals surface area contributed by atoms with Crippen LogP contribution in [0, 0.1) is 0 Å². The van der Waals surface area contributed by atoms with Crippen LogP contribution >= 0.6 is 0 Å². The SMILES string of the molecule is O=C1CCC(n2cnc3cc(O)ccc32)C(=O)N1. The van der Waals surface area contributed by atoms with Gasteiger partial charge in [0.25, 0.3) is 0 Å². The van der Waals surface area contributed by atoms with Gasteiger partial charge in [0.1, 0.15) is 11.8 Å². The van der Waals surface area contributed by atoms with Crippen LogP contribution in [0.1, 0.15) is 18.9 Å². The molecule has 2 aromatic rings. The van der Waals surface area contributed by atoms with Crippen molar-refractivity contribution in [1.82, 2.24) is 14.9 Å². The lowest BCUT2D eigenvalue weighted by molar-refractivity contribution is -0.135. The number of rotatable bonds is 1. The fourth-order valence-electron chi connectivity index (χ4n) is 2.22. The van der Waals surface area contributed by atoms with E-state index in [1.165, 1.54) is 6.07 Å². The number of imide groups is 1. The van der Waals surface area contributed by atoms with Gasteiger partial charge >= 0.3 is 0 Å². The molecule has 0 spiro atoms. The van der Waals surface area contributed by atoms with Crippen molar-refractivity contribution in [3.05, 3.63) is 24.5 Å². The first-order valence-electron chi connectivity index (χ1n) is 5.64. The molecule has 3 rings (SSSR count). The number of amides is 2. The second-order valence-corrected chi connectivity index (χ2v) is 4.29. The first-order chi connectivity index (χ1) is 8.65. The summed E-state index contributed by atoms with van der Waals surface area (Å²) in [6.07, 6.45) is 2.36. The molecule has 2 amide bonds. The van der Waals surface area contributed by atoms with Crippen LogP contribution in [0.2, 0.25) is 0 Å². The fourth-order valence-corrected chi connectivity index (χ4v) is 2.22. The van der Waals surface area contributed by atoms with Gasteiger partial charge in [0.05, 0.1) is 17.4 Å². The lowest BCUT2D eigenvalue weighted by Crippen LogP contribution is -2.41. The maximum atomic E-state index is 11.8. The number of aromatic nitrogens is 2. The minimum Gasteiger partial charge on any atom is -0.508 e. The number of piperidine rings is 1. The third-order valence-electron chi connectivity index (χ3n) is 3.10. The smallest absolute Gasteiger partial charge is 0.249 e. The van der Waals surface area contributed by atoms with Crippen molar-refractivity contribution < 1.29 is 14.7 Å². The lowest BCUT2D eigenvalue weighted by atomic mass is 10.1. The molecule has 2 heterocycles. The van der Waals surface area contributed by atoms with E-state index in [1.807, 2.05) is 0 Å². The fraction of sp³-hybridized carbons (Fsp3) is 0.250. The molecule has 2 N–H and O–H groups in total. The van der Waals surface area contributed by atoms with Crippen molar-refractivity contribution >= 4 is 22.8 Å². The van der Waals surface area contributed by atoms with Crippen LogP contribution in [0.15, 0.2) is 24.5 Å². The van der Waals surface area contributed by atoms with Gasteiger partial charge in [-0.2, -0.15) is 0 Å². The number of nitrogens with one attached hydrogen (secondary N) is 1. The molecule has 0 saturated carbocycles. The number of phenols is 1. The van der Waals surface area contributed by atoms with Crippen LogP contribution in [0.4, 0.5) is 0 Å². The highest BCUT2D eigenvalue weighted by atomic mass is 16.3. The summed E-state index contributed by atoms with van der Waals surface area (Å²) in [5.41, 5.74) is 1.39. The van der Waals surface area contributed by atoms with Crippen LogP contribution in [0.25, 0.3) is 11.0 Å². The van der Waals surface area contributed by atoms with Crippen molar-refractivity contribution in [3.8, 4) is 5.75 Å². The number of carbonyl (C=O) groups is 2. The standard InChI is InChI=1S/C12H11N3O3/c16-7-1-2-9-8(5-7)13-6-15(9)10-3-4-11(17)14-12(10)18/h1-2,5-6,10,16H,3-4H2,(H,14,17,18). The second kappa shape index (κ2) is 3.83. The first-order valence-corrected chi connectivity index (χ1v) is 5.64. The quantitative estimate of drug-likeness (QED) is 0.725. The molecule has 1 aromatic carbocycles. The van der Waals surface area contributed by atoms with Crippen LogP contribution in [-0.4, -0.2) is 26.5 Å². The van der Waals surface area contributed by atoms with E-state index in [0.29, 0.717) is 18.4 Å². The monoisotopic (exact) mass is 245 g/mol. The number of fused-ring (bicyclic) bond motifs is 1. The van der Waals surface area contributed by atoms with Gasteiger partial charge in [0, 0.05) is 12.5 Å². The van der Waals surface area contributed by atoms with Gasteiger partial charge in [0.2, 0.25) is 11.8 Å². The van der Waals surface area contributed by atoms with Crippen molar-refractivity contribution in [2.45, 2.75) is 18.9 Å². The van der Waals surface area contributed by atoms with Crippen LogP contribution in [0.5, 0.6) is 5.75 Å². The molecule has 6 heteroatoms. The molecule has 18 heavy (non-hydrogen) atoms. The number of hydrogen-bond donors (Lipinski definition) is 2. The molecule has 1 aromatic heterocycles. The topological polar surface area (TPSA) is 84.2 Å². The molecule has 1 saturated heterocycles. The molecule has 92 valence electrons. The number of carbonyl (C=O) groups excluding carboxylic acids is 2. The van der Waals surface area contributed by atoms with Gasteiger partial charge in [0.15, 0.2) is 0 Å². The van der Waals surface area contributed by atoms with Crippen LogP contribution in [0.3, 0.4) is 0 Å². The highest BCUT2D eigenvalue weighted by Crippen LogP contribution is 2.25. The van der Waals surface area contributed by atoms with Gasteiger partial charge in [-0.1, -0.05) is 0 Å². The zero-order valence-electron chi connectivity index (χ0n) is 9.46. The van der Waals surface area contributed by atoms with Gasteiger partial charge in [-0.25, -0.2) is 4.98 Å². The summed E-state index contributed by atoms with van der Waals surface area (Å²) < 4.78 is 1.73. The number of hydrogen-bond acceptors (Lipinski definition) is 4. The van der Waals surface area contributed by atoms with Gasteiger partial charge in [-0.3, -0.25) is 14.9 Å². The minimum atomic E-state index is -0.419. The zero-order valence-corrected chi connectivity index (χ0v) is 9.46. The predicted molar refractivity (Wildman–Crippen MR) is 62.8 cm³/mol. The average Bonchev–Trinajstić information content (AvgIpc) is 2.72.